The van der Waals surface area contributed by atoms with E-state index in [2.05, 4.69) is 10.6 Å². The molecule has 1 aromatic rings. The number of benzene rings is 1. The van der Waals surface area contributed by atoms with Gasteiger partial charge in [-0.05, 0) is 62.8 Å². The molecule has 1 aromatic carbocycles. The molecule has 0 spiro atoms. The Morgan fingerprint density at radius 2 is 2.00 bits per heavy atom. The van der Waals surface area contributed by atoms with E-state index in [4.69, 9.17) is 0 Å². The second kappa shape index (κ2) is 8.61. The highest BCUT2D eigenvalue weighted by molar-refractivity contribution is 7.89. The summed E-state index contributed by atoms with van der Waals surface area (Å²) in [6, 6.07) is 5.05. The second-order valence-corrected chi connectivity index (χ2v) is 9.65. The van der Waals surface area contributed by atoms with Crippen LogP contribution in [-0.4, -0.2) is 43.7 Å². The van der Waals surface area contributed by atoms with Crippen LogP contribution in [0.1, 0.15) is 51.5 Å². The molecule has 0 aromatic heterocycles. The number of sulfonamides is 1. The van der Waals surface area contributed by atoms with Gasteiger partial charge in [0.1, 0.15) is 0 Å². The van der Waals surface area contributed by atoms with E-state index in [0.717, 1.165) is 12.0 Å². The molecule has 1 atom stereocenters. The number of hydrogen-bond donors (Lipinski definition) is 2. The van der Waals surface area contributed by atoms with Crippen LogP contribution in [0.3, 0.4) is 0 Å². The Labute approximate surface area is 166 Å². The number of nitrogens with one attached hydrogen (secondary N) is 2. The summed E-state index contributed by atoms with van der Waals surface area (Å²) >= 11 is 0. The number of amides is 2. The lowest BCUT2D eigenvalue weighted by Crippen LogP contribution is -2.44. The molecule has 8 heteroatoms. The molecule has 2 N–H and O–H groups in total. The second-order valence-electron chi connectivity index (χ2n) is 7.72. The first-order valence-corrected chi connectivity index (χ1v) is 11.5. The maximum Gasteiger partial charge on any atom is 0.243 e. The Kier molecular flexibility index (Phi) is 6.40. The zero-order valence-corrected chi connectivity index (χ0v) is 17.3. The summed E-state index contributed by atoms with van der Waals surface area (Å²) < 4.78 is 27.6. The number of fused-ring (bicyclic) bond motifs is 1. The third kappa shape index (κ3) is 4.55. The largest absolute Gasteiger partial charge is 0.353 e. The molecule has 0 radical (unpaired) electrons. The fraction of sp³-hybridized carbons (Fsp3) is 0.600. The predicted octanol–water partition coefficient (Wildman–Crippen LogP) is 2.28. The number of nitrogens with zero attached hydrogens (tertiary/aromatic N) is 1. The molecule has 7 nitrogen and oxygen atoms in total. The van der Waals surface area contributed by atoms with Crippen molar-refractivity contribution in [3.63, 3.8) is 0 Å². The van der Waals surface area contributed by atoms with Crippen molar-refractivity contribution in [3.8, 4) is 0 Å². The lowest BCUT2D eigenvalue weighted by Gasteiger charge is -2.31. The van der Waals surface area contributed by atoms with Crippen molar-refractivity contribution < 1.29 is 18.0 Å². The molecule has 2 amide bonds. The van der Waals surface area contributed by atoms with Gasteiger partial charge < -0.3 is 10.6 Å². The number of carbonyl (C=O) groups is 2. The molecule has 0 unspecified atom stereocenters. The normalized spacial score (nSPS) is 20.0. The van der Waals surface area contributed by atoms with E-state index in [1.165, 1.54) is 4.31 Å². The van der Waals surface area contributed by atoms with E-state index in [-0.39, 0.29) is 28.7 Å². The average molecular weight is 408 g/mol. The predicted molar refractivity (Wildman–Crippen MR) is 107 cm³/mol. The topological polar surface area (TPSA) is 95.6 Å². The Bertz CT molecular complexity index is 845. The summed E-state index contributed by atoms with van der Waals surface area (Å²) in [6.07, 6.45) is 3.76. The van der Waals surface area contributed by atoms with Gasteiger partial charge in [-0.25, -0.2) is 8.42 Å². The maximum atomic E-state index is 13.1. The molecule has 0 saturated carbocycles. The van der Waals surface area contributed by atoms with E-state index in [9.17, 15) is 18.0 Å². The van der Waals surface area contributed by atoms with Crippen molar-refractivity contribution >= 4 is 27.5 Å². The first kappa shape index (κ1) is 20.8. The number of rotatable bonds is 5. The van der Waals surface area contributed by atoms with Crippen molar-refractivity contribution in [2.24, 2.45) is 5.92 Å². The maximum absolute atomic E-state index is 13.1. The van der Waals surface area contributed by atoms with Crippen LogP contribution in [-0.2, 0) is 26.0 Å². The van der Waals surface area contributed by atoms with Gasteiger partial charge in [-0.1, -0.05) is 6.92 Å². The number of aryl methyl sites for hydroxylation is 1. The van der Waals surface area contributed by atoms with Crippen LogP contribution in [0.25, 0.3) is 0 Å². The van der Waals surface area contributed by atoms with E-state index in [0.29, 0.717) is 50.9 Å². The van der Waals surface area contributed by atoms with Crippen LogP contribution < -0.4 is 10.6 Å². The zero-order chi connectivity index (χ0) is 20.3. The summed E-state index contributed by atoms with van der Waals surface area (Å²) in [5, 5.41) is 5.81. The van der Waals surface area contributed by atoms with Crippen molar-refractivity contribution in [1.29, 1.82) is 0 Å². The lowest BCUT2D eigenvalue weighted by molar-refractivity contribution is -0.126. The van der Waals surface area contributed by atoms with Crippen molar-refractivity contribution in [3.05, 3.63) is 23.8 Å². The zero-order valence-electron chi connectivity index (χ0n) is 16.5. The Hall–Kier alpha value is -1.93. The van der Waals surface area contributed by atoms with Crippen LogP contribution in [0.5, 0.6) is 0 Å². The minimum Gasteiger partial charge on any atom is -0.353 e. The molecule has 0 bridgehead atoms. The van der Waals surface area contributed by atoms with Crippen molar-refractivity contribution in [2.45, 2.75) is 63.3 Å². The third-order valence-corrected chi connectivity index (χ3v) is 7.56. The van der Waals surface area contributed by atoms with Crippen LogP contribution in [0.15, 0.2) is 23.1 Å². The van der Waals surface area contributed by atoms with Crippen molar-refractivity contribution in [1.82, 2.24) is 9.62 Å². The number of hydrogen-bond acceptors (Lipinski definition) is 4. The standard InChI is InChI=1S/C20H29N3O4S/c1-3-14(2)21-20(25)15-9-11-23(12-10-15)28(26,27)17-7-8-18-16(13-17)5-4-6-19(24)22-18/h7-8,13-15H,3-6,9-12H2,1-2H3,(H,21,25)(H,22,24)/t14-/m1/s1. The quantitative estimate of drug-likeness (QED) is 0.783. The molecule has 154 valence electrons. The Morgan fingerprint density at radius 1 is 1.29 bits per heavy atom. The van der Waals surface area contributed by atoms with Gasteiger partial charge in [0.2, 0.25) is 21.8 Å². The van der Waals surface area contributed by atoms with Gasteiger partial charge >= 0.3 is 0 Å². The van der Waals surface area contributed by atoms with Gasteiger partial charge in [-0.2, -0.15) is 4.31 Å². The Balaban J connectivity index is 1.68. The van der Waals surface area contributed by atoms with Gasteiger partial charge in [-0.15, -0.1) is 0 Å². The highest BCUT2D eigenvalue weighted by Crippen LogP contribution is 2.29. The van der Waals surface area contributed by atoms with Crippen LogP contribution in [0.2, 0.25) is 0 Å². The summed E-state index contributed by atoms with van der Waals surface area (Å²) in [5.74, 6) is -0.151. The van der Waals surface area contributed by atoms with Crippen LogP contribution >= 0.6 is 0 Å². The molecule has 2 aliphatic heterocycles. The molecule has 2 heterocycles. The van der Waals surface area contributed by atoms with Gasteiger partial charge in [0, 0.05) is 37.2 Å². The average Bonchev–Trinajstić information content (AvgIpc) is 2.87. The molecular weight excluding hydrogens is 378 g/mol. The smallest absolute Gasteiger partial charge is 0.243 e. The Morgan fingerprint density at radius 3 is 2.68 bits per heavy atom. The lowest BCUT2D eigenvalue weighted by atomic mass is 9.97. The number of carbonyl (C=O) groups excluding carboxylic acids is 2. The molecule has 1 fully saturated rings. The van der Waals surface area contributed by atoms with Gasteiger partial charge in [0.05, 0.1) is 4.90 Å². The molecular formula is C20H29N3O4S. The van der Waals surface area contributed by atoms with E-state index < -0.39 is 10.0 Å². The van der Waals surface area contributed by atoms with Crippen LogP contribution in [0, 0.1) is 5.92 Å². The van der Waals surface area contributed by atoms with Gasteiger partial charge in [-0.3, -0.25) is 9.59 Å². The monoisotopic (exact) mass is 407 g/mol. The first-order chi connectivity index (χ1) is 13.3. The fourth-order valence-electron chi connectivity index (χ4n) is 3.68. The summed E-state index contributed by atoms with van der Waals surface area (Å²) in [7, 11) is -3.61. The summed E-state index contributed by atoms with van der Waals surface area (Å²) in [6.45, 7) is 4.67. The molecule has 2 aliphatic rings. The molecule has 28 heavy (non-hydrogen) atoms. The number of anilines is 1. The molecule has 1 saturated heterocycles. The van der Waals surface area contributed by atoms with Gasteiger partial charge in [0.25, 0.3) is 0 Å². The highest BCUT2D eigenvalue weighted by Gasteiger charge is 2.32. The van der Waals surface area contributed by atoms with E-state index >= 15 is 0 Å². The number of piperidine rings is 1. The van der Waals surface area contributed by atoms with Crippen molar-refractivity contribution in [2.75, 3.05) is 18.4 Å². The highest BCUT2D eigenvalue weighted by atomic mass is 32.2. The van der Waals surface area contributed by atoms with E-state index in [1.807, 2.05) is 13.8 Å². The third-order valence-electron chi connectivity index (χ3n) is 5.66. The first-order valence-electron chi connectivity index (χ1n) is 10.0. The SMILES string of the molecule is CC[C@@H](C)NC(=O)C1CCN(S(=O)(=O)c2ccc3c(c2)CCCC(=O)N3)CC1. The van der Waals surface area contributed by atoms with Gasteiger partial charge in [0.15, 0.2) is 0 Å². The van der Waals surface area contributed by atoms with E-state index in [1.54, 1.807) is 18.2 Å². The summed E-state index contributed by atoms with van der Waals surface area (Å²) in [5.41, 5.74) is 1.55. The minimum atomic E-state index is -3.61. The fourth-order valence-corrected chi connectivity index (χ4v) is 5.20. The van der Waals surface area contributed by atoms with Crippen LogP contribution in [0.4, 0.5) is 5.69 Å². The summed E-state index contributed by atoms with van der Waals surface area (Å²) in [4.78, 5) is 24.2. The molecule has 3 rings (SSSR count). The minimum absolute atomic E-state index is 0.0205. The molecule has 0 aliphatic carbocycles.